The molecule has 0 aliphatic carbocycles. The molecule has 1 aromatic heterocycles. The van der Waals surface area contributed by atoms with Gasteiger partial charge in [0.2, 0.25) is 0 Å². The number of aromatic nitrogens is 2. The topological polar surface area (TPSA) is 16.8 Å². The van der Waals surface area contributed by atoms with E-state index < -0.39 is 0 Å². The first kappa shape index (κ1) is 16.2. The van der Waals surface area contributed by atoms with Crippen LogP contribution in [0.15, 0.2) is 91.3 Å². The van der Waals surface area contributed by atoms with Crippen molar-refractivity contribution in [2.45, 2.75) is 6.92 Å². The molecule has 0 unspecified atom stereocenters. The van der Waals surface area contributed by atoms with Crippen LogP contribution in [-0.4, -0.2) is 4.98 Å². The SMILES string of the molecule is Cc1ccc(-c2cccc(-c3ccccc3)c2)cc1-c1nccc[n+]1C. The Morgan fingerprint density at radius 2 is 1.38 bits per heavy atom. The van der Waals surface area contributed by atoms with E-state index in [0.717, 1.165) is 11.4 Å². The van der Waals surface area contributed by atoms with Crippen LogP contribution in [-0.2, 0) is 7.05 Å². The first-order valence-corrected chi connectivity index (χ1v) is 8.80. The second-order valence-electron chi connectivity index (χ2n) is 6.53. The predicted molar refractivity (Wildman–Crippen MR) is 106 cm³/mol. The van der Waals surface area contributed by atoms with Crippen molar-refractivity contribution in [1.82, 2.24) is 4.98 Å². The lowest BCUT2D eigenvalue weighted by atomic mass is 9.96. The summed E-state index contributed by atoms with van der Waals surface area (Å²) in [6.45, 7) is 2.13. The third-order valence-corrected chi connectivity index (χ3v) is 4.71. The third-order valence-electron chi connectivity index (χ3n) is 4.71. The molecule has 2 heteroatoms. The third kappa shape index (κ3) is 3.14. The Balaban J connectivity index is 1.80. The van der Waals surface area contributed by atoms with Gasteiger partial charge < -0.3 is 0 Å². The van der Waals surface area contributed by atoms with E-state index in [4.69, 9.17) is 0 Å². The van der Waals surface area contributed by atoms with Crippen molar-refractivity contribution in [2.24, 2.45) is 7.05 Å². The summed E-state index contributed by atoms with van der Waals surface area (Å²) in [4.78, 5) is 4.57. The first-order valence-electron chi connectivity index (χ1n) is 8.80. The molecular formula is C24H21N2+. The van der Waals surface area contributed by atoms with E-state index in [1.54, 1.807) is 0 Å². The van der Waals surface area contributed by atoms with Crippen molar-refractivity contribution in [2.75, 3.05) is 0 Å². The molecule has 0 amide bonds. The van der Waals surface area contributed by atoms with Crippen molar-refractivity contribution in [1.29, 1.82) is 0 Å². The van der Waals surface area contributed by atoms with Crippen LogP contribution in [0.3, 0.4) is 0 Å². The Bertz CT molecular complexity index is 1050. The van der Waals surface area contributed by atoms with Gasteiger partial charge in [0.15, 0.2) is 0 Å². The Labute approximate surface area is 154 Å². The Kier molecular flexibility index (Phi) is 4.32. The highest BCUT2D eigenvalue weighted by molar-refractivity contribution is 5.76. The summed E-state index contributed by atoms with van der Waals surface area (Å²) in [5, 5.41) is 0. The van der Waals surface area contributed by atoms with E-state index in [1.165, 1.54) is 27.8 Å². The van der Waals surface area contributed by atoms with Gasteiger partial charge in [-0.3, -0.25) is 0 Å². The highest BCUT2D eigenvalue weighted by Gasteiger charge is 2.15. The monoisotopic (exact) mass is 337 g/mol. The maximum absolute atomic E-state index is 4.57. The molecular weight excluding hydrogens is 316 g/mol. The van der Waals surface area contributed by atoms with Crippen molar-refractivity contribution in [3.63, 3.8) is 0 Å². The summed E-state index contributed by atoms with van der Waals surface area (Å²) in [5.41, 5.74) is 7.27. The van der Waals surface area contributed by atoms with Crippen molar-refractivity contribution < 1.29 is 4.57 Å². The van der Waals surface area contributed by atoms with E-state index in [2.05, 4.69) is 83.2 Å². The Hall–Kier alpha value is -3.26. The van der Waals surface area contributed by atoms with E-state index in [1.807, 2.05) is 31.6 Å². The fourth-order valence-corrected chi connectivity index (χ4v) is 3.25. The van der Waals surface area contributed by atoms with E-state index >= 15 is 0 Å². The minimum absolute atomic E-state index is 0.978. The van der Waals surface area contributed by atoms with Crippen LogP contribution in [0.2, 0.25) is 0 Å². The van der Waals surface area contributed by atoms with Crippen LogP contribution in [0.5, 0.6) is 0 Å². The molecule has 0 spiro atoms. The highest BCUT2D eigenvalue weighted by atomic mass is 15.0. The zero-order chi connectivity index (χ0) is 17.9. The predicted octanol–water partition coefficient (Wildman–Crippen LogP) is 5.22. The summed E-state index contributed by atoms with van der Waals surface area (Å²) >= 11 is 0. The van der Waals surface area contributed by atoms with Gasteiger partial charge in [0, 0.05) is 6.07 Å². The summed E-state index contributed by atoms with van der Waals surface area (Å²) in [6, 6.07) is 27.7. The number of hydrogen-bond acceptors (Lipinski definition) is 1. The Morgan fingerprint density at radius 3 is 2.15 bits per heavy atom. The lowest BCUT2D eigenvalue weighted by molar-refractivity contribution is -0.663. The minimum Gasteiger partial charge on any atom is -0.233 e. The summed E-state index contributed by atoms with van der Waals surface area (Å²) in [7, 11) is 2.03. The molecule has 1 heterocycles. The van der Waals surface area contributed by atoms with Crippen molar-refractivity contribution in [3.8, 4) is 33.6 Å². The van der Waals surface area contributed by atoms with Crippen LogP contribution >= 0.6 is 0 Å². The molecule has 26 heavy (non-hydrogen) atoms. The average Bonchev–Trinajstić information content (AvgIpc) is 2.70. The second-order valence-corrected chi connectivity index (χ2v) is 6.53. The van der Waals surface area contributed by atoms with Gasteiger partial charge in [-0.1, -0.05) is 60.7 Å². The molecule has 0 N–H and O–H groups in total. The fourth-order valence-electron chi connectivity index (χ4n) is 3.25. The zero-order valence-corrected chi connectivity index (χ0v) is 15.1. The van der Waals surface area contributed by atoms with E-state index in [0.29, 0.717) is 0 Å². The summed E-state index contributed by atoms with van der Waals surface area (Å²) in [5.74, 6) is 0.978. The largest absolute Gasteiger partial charge is 0.330 e. The van der Waals surface area contributed by atoms with Crippen LogP contribution in [0.4, 0.5) is 0 Å². The highest BCUT2D eigenvalue weighted by Crippen LogP contribution is 2.29. The fraction of sp³-hybridized carbons (Fsp3) is 0.0833. The maximum atomic E-state index is 4.57. The molecule has 0 atom stereocenters. The number of benzene rings is 3. The molecule has 2 nitrogen and oxygen atoms in total. The average molecular weight is 337 g/mol. The number of nitrogens with zero attached hydrogens (tertiary/aromatic N) is 2. The van der Waals surface area contributed by atoms with Gasteiger partial charge in [0.05, 0.1) is 18.8 Å². The van der Waals surface area contributed by atoms with Crippen LogP contribution in [0.1, 0.15) is 5.56 Å². The molecule has 4 aromatic rings. The quantitative estimate of drug-likeness (QED) is 0.469. The first-order chi connectivity index (χ1) is 12.7. The summed E-state index contributed by atoms with van der Waals surface area (Å²) < 4.78 is 2.06. The molecule has 4 rings (SSSR count). The number of rotatable bonds is 3. The van der Waals surface area contributed by atoms with Gasteiger partial charge in [-0.15, -0.1) is 0 Å². The van der Waals surface area contributed by atoms with Crippen LogP contribution in [0.25, 0.3) is 33.6 Å². The van der Waals surface area contributed by atoms with Gasteiger partial charge in [0.25, 0.3) is 0 Å². The second kappa shape index (κ2) is 6.93. The molecule has 3 aromatic carbocycles. The number of aryl methyl sites for hydroxylation is 2. The van der Waals surface area contributed by atoms with Gasteiger partial charge in [-0.2, -0.15) is 0 Å². The van der Waals surface area contributed by atoms with Crippen molar-refractivity contribution >= 4 is 0 Å². The molecule has 0 aliphatic heterocycles. The Morgan fingerprint density at radius 1 is 0.692 bits per heavy atom. The lowest BCUT2D eigenvalue weighted by Crippen LogP contribution is -2.31. The molecule has 0 aliphatic rings. The molecule has 0 fully saturated rings. The van der Waals surface area contributed by atoms with Gasteiger partial charge >= 0.3 is 5.82 Å². The zero-order valence-electron chi connectivity index (χ0n) is 15.1. The standard InChI is InChI=1S/C24H21N2/c1-18-12-13-22(17-23(18)24-25-14-7-15-26(24)2)21-11-6-10-20(16-21)19-8-4-3-5-9-19/h3-17H,1-2H3/q+1. The smallest absolute Gasteiger partial charge is 0.233 e. The van der Waals surface area contributed by atoms with E-state index in [9.17, 15) is 0 Å². The molecule has 0 bridgehead atoms. The molecule has 0 saturated carbocycles. The molecule has 126 valence electrons. The van der Waals surface area contributed by atoms with Crippen molar-refractivity contribution in [3.05, 3.63) is 96.8 Å². The van der Waals surface area contributed by atoms with E-state index in [-0.39, 0.29) is 0 Å². The normalized spacial score (nSPS) is 10.7. The van der Waals surface area contributed by atoms with Crippen LogP contribution < -0.4 is 4.57 Å². The minimum atomic E-state index is 0.978. The van der Waals surface area contributed by atoms with Gasteiger partial charge in [-0.25, -0.2) is 4.57 Å². The van der Waals surface area contributed by atoms with Gasteiger partial charge in [0.1, 0.15) is 6.20 Å². The molecule has 0 radical (unpaired) electrons. The number of hydrogen-bond donors (Lipinski definition) is 0. The molecule has 0 saturated heterocycles. The summed E-state index contributed by atoms with van der Waals surface area (Å²) in [6.07, 6.45) is 3.88. The lowest BCUT2D eigenvalue weighted by Gasteiger charge is -2.09. The van der Waals surface area contributed by atoms with Gasteiger partial charge in [-0.05, 0) is 51.9 Å². The maximum Gasteiger partial charge on any atom is 0.330 e. The van der Waals surface area contributed by atoms with Crippen LogP contribution in [0, 0.1) is 6.92 Å².